The van der Waals surface area contributed by atoms with Crippen molar-refractivity contribution < 1.29 is 18.7 Å². The van der Waals surface area contributed by atoms with Crippen molar-refractivity contribution in [2.24, 2.45) is 0 Å². The summed E-state index contributed by atoms with van der Waals surface area (Å²) in [5, 5.41) is 12.4. The second-order valence-electron chi connectivity index (χ2n) is 4.66. The summed E-state index contributed by atoms with van der Waals surface area (Å²) in [5.74, 6) is -3.31. The maximum atomic E-state index is 13.4. The van der Waals surface area contributed by atoms with Crippen LogP contribution in [-0.4, -0.2) is 11.1 Å². The molecule has 0 bridgehead atoms. The lowest BCUT2D eigenvalue weighted by atomic mass is 9.91. The first-order chi connectivity index (χ1) is 9.84. The number of nitrogens with one attached hydrogen (secondary N) is 1. The van der Waals surface area contributed by atoms with Crippen molar-refractivity contribution in [1.29, 1.82) is 0 Å². The van der Waals surface area contributed by atoms with Gasteiger partial charge in [0.1, 0.15) is 0 Å². The van der Waals surface area contributed by atoms with Crippen LogP contribution in [0.4, 0.5) is 14.5 Å². The fourth-order valence-corrected chi connectivity index (χ4v) is 2.27. The summed E-state index contributed by atoms with van der Waals surface area (Å²) in [4.78, 5) is 11.6. The first-order valence-electron chi connectivity index (χ1n) is 6.06. The lowest BCUT2D eigenvalue weighted by Gasteiger charge is -2.28. The van der Waals surface area contributed by atoms with Crippen molar-refractivity contribution in [2.75, 3.05) is 5.32 Å². The number of carboxylic acids is 1. The number of rotatable bonds is 4. The van der Waals surface area contributed by atoms with Gasteiger partial charge >= 0.3 is 5.97 Å². The van der Waals surface area contributed by atoms with Gasteiger partial charge in [0.15, 0.2) is 17.2 Å². The molecule has 2 rings (SSSR count). The Morgan fingerprint density at radius 2 is 1.86 bits per heavy atom. The third-order valence-corrected chi connectivity index (χ3v) is 3.87. The molecule has 0 aliphatic heterocycles. The molecule has 110 valence electrons. The quantitative estimate of drug-likeness (QED) is 0.866. The predicted octanol–water partition coefficient (Wildman–Crippen LogP) is 4.14. The van der Waals surface area contributed by atoms with Gasteiger partial charge in [-0.3, -0.25) is 0 Å². The lowest BCUT2D eigenvalue weighted by molar-refractivity contribution is -0.142. The smallest absolute Gasteiger partial charge is 0.333 e. The predicted molar refractivity (Wildman–Crippen MR) is 79.1 cm³/mol. The lowest BCUT2D eigenvalue weighted by Crippen LogP contribution is -2.40. The second-order valence-corrected chi connectivity index (χ2v) is 5.52. The molecule has 0 radical (unpaired) electrons. The number of anilines is 1. The Kier molecular flexibility index (Phi) is 4.27. The monoisotopic (exact) mass is 355 g/mol. The van der Waals surface area contributed by atoms with Gasteiger partial charge < -0.3 is 10.4 Å². The first kappa shape index (κ1) is 15.4. The van der Waals surface area contributed by atoms with Gasteiger partial charge in [-0.05, 0) is 52.7 Å². The average Bonchev–Trinajstić information content (AvgIpc) is 2.44. The van der Waals surface area contributed by atoms with E-state index in [1.54, 1.807) is 24.3 Å². The van der Waals surface area contributed by atoms with E-state index in [9.17, 15) is 18.7 Å². The summed E-state index contributed by atoms with van der Waals surface area (Å²) in [6.45, 7) is 1.39. The molecule has 0 heterocycles. The molecule has 2 aromatic carbocycles. The zero-order valence-electron chi connectivity index (χ0n) is 11.0. The Morgan fingerprint density at radius 3 is 2.43 bits per heavy atom. The number of para-hydroxylation sites is 1. The van der Waals surface area contributed by atoms with Gasteiger partial charge in [0.2, 0.25) is 0 Å². The summed E-state index contributed by atoms with van der Waals surface area (Å²) < 4.78 is 27.1. The summed E-state index contributed by atoms with van der Waals surface area (Å²) in [7, 11) is 0. The number of halogens is 3. The number of benzene rings is 2. The summed E-state index contributed by atoms with van der Waals surface area (Å²) in [6, 6.07) is 9.99. The van der Waals surface area contributed by atoms with Gasteiger partial charge in [0.05, 0.1) is 0 Å². The van der Waals surface area contributed by atoms with Crippen molar-refractivity contribution in [2.45, 2.75) is 12.5 Å². The maximum absolute atomic E-state index is 13.4. The van der Waals surface area contributed by atoms with Gasteiger partial charge in [-0.15, -0.1) is 0 Å². The number of carboxylic acid groups (broad SMARTS) is 1. The van der Waals surface area contributed by atoms with Crippen LogP contribution in [0.1, 0.15) is 12.5 Å². The van der Waals surface area contributed by atoms with Crippen LogP contribution in [0.2, 0.25) is 0 Å². The Labute approximate surface area is 128 Å². The fourth-order valence-electron chi connectivity index (χ4n) is 1.89. The molecule has 0 aliphatic rings. The highest BCUT2D eigenvalue weighted by Crippen LogP contribution is 2.31. The van der Waals surface area contributed by atoms with Crippen molar-refractivity contribution in [3.63, 3.8) is 0 Å². The van der Waals surface area contributed by atoms with Crippen LogP contribution in [0.15, 0.2) is 46.9 Å². The van der Waals surface area contributed by atoms with Crippen LogP contribution in [0.25, 0.3) is 0 Å². The highest BCUT2D eigenvalue weighted by atomic mass is 79.9. The van der Waals surface area contributed by atoms with Gasteiger partial charge in [0, 0.05) is 10.2 Å². The van der Waals surface area contributed by atoms with Crippen molar-refractivity contribution in [3.8, 4) is 0 Å². The summed E-state index contributed by atoms with van der Waals surface area (Å²) >= 11 is 3.31. The molecule has 6 heteroatoms. The summed E-state index contributed by atoms with van der Waals surface area (Å²) in [6.07, 6.45) is 0. The topological polar surface area (TPSA) is 49.3 Å². The fraction of sp³-hybridized carbons (Fsp3) is 0.133. The molecule has 0 fully saturated rings. The number of hydrogen-bond donors (Lipinski definition) is 2. The molecule has 1 atom stereocenters. The molecule has 0 saturated heterocycles. The molecule has 0 spiro atoms. The SMILES string of the molecule is CC(Nc1ccccc1Br)(C(=O)O)c1ccc(F)c(F)c1. The highest BCUT2D eigenvalue weighted by molar-refractivity contribution is 9.10. The van der Waals surface area contributed by atoms with Crippen molar-refractivity contribution >= 4 is 27.6 Å². The Bertz CT molecular complexity index is 693. The zero-order chi connectivity index (χ0) is 15.6. The zero-order valence-corrected chi connectivity index (χ0v) is 12.6. The minimum atomic E-state index is -1.60. The maximum Gasteiger partial charge on any atom is 0.333 e. The van der Waals surface area contributed by atoms with Crippen molar-refractivity contribution in [1.82, 2.24) is 0 Å². The van der Waals surface area contributed by atoms with E-state index >= 15 is 0 Å². The van der Waals surface area contributed by atoms with E-state index in [-0.39, 0.29) is 5.56 Å². The molecule has 0 aliphatic carbocycles. The molecule has 0 aromatic heterocycles. The van der Waals surface area contributed by atoms with Gasteiger partial charge in [0.25, 0.3) is 0 Å². The molecule has 21 heavy (non-hydrogen) atoms. The molecule has 0 amide bonds. The van der Waals surface area contributed by atoms with Crippen LogP contribution in [-0.2, 0) is 10.3 Å². The van der Waals surface area contributed by atoms with Gasteiger partial charge in [-0.2, -0.15) is 0 Å². The Balaban J connectivity index is 2.48. The molecule has 1 unspecified atom stereocenters. The molecule has 2 aromatic rings. The molecule has 0 saturated carbocycles. The highest BCUT2D eigenvalue weighted by Gasteiger charge is 2.36. The largest absolute Gasteiger partial charge is 0.479 e. The van der Waals surface area contributed by atoms with Crippen LogP contribution >= 0.6 is 15.9 Å². The molecule has 2 N–H and O–H groups in total. The number of carbonyl (C=O) groups is 1. The van der Waals surface area contributed by atoms with Crippen LogP contribution in [0, 0.1) is 11.6 Å². The van der Waals surface area contributed by atoms with E-state index in [0.717, 1.165) is 12.1 Å². The third kappa shape index (κ3) is 3.05. The van der Waals surface area contributed by atoms with Crippen LogP contribution in [0.3, 0.4) is 0 Å². The standard InChI is InChI=1S/C15H12BrF2NO2/c1-15(14(20)21,9-6-7-11(17)12(18)8-9)19-13-5-3-2-4-10(13)16/h2-8,19H,1H3,(H,20,21). The molecular weight excluding hydrogens is 344 g/mol. The van der Waals surface area contributed by atoms with Gasteiger partial charge in [-0.1, -0.05) is 18.2 Å². The van der Waals surface area contributed by atoms with Crippen molar-refractivity contribution in [3.05, 3.63) is 64.1 Å². The normalized spacial score (nSPS) is 13.5. The van der Waals surface area contributed by atoms with E-state index in [4.69, 9.17) is 0 Å². The van der Waals surface area contributed by atoms with E-state index in [1.807, 2.05) is 0 Å². The Hall–Kier alpha value is -1.95. The van der Waals surface area contributed by atoms with Crippen LogP contribution < -0.4 is 5.32 Å². The van der Waals surface area contributed by atoms with E-state index < -0.39 is 23.1 Å². The number of aliphatic carboxylic acids is 1. The van der Waals surface area contributed by atoms with E-state index in [0.29, 0.717) is 10.2 Å². The number of hydrogen-bond acceptors (Lipinski definition) is 2. The van der Waals surface area contributed by atoms with Crippen LogP contribution in [0.5, 0.6) is 0 Å². The molecule has 3 nitrogen and oxygen atoms in total. The minimum Gasteiger partial charge on any atom is -0.479 e. The molecular formula is C15H12BrF2NO2. The Morgan fingerprint density at radius 1 is 1.19 bits per heavy atom. The first-order valence-corrected chi connectivity index (χ1v) is 6.85. The minimum absolute atomic E-state index is 0.115. The van der Waals surface area contributed by atoms with E-state index in [1.165, 1.54) is 13.0 Å². The van der Waals surface area contributed by atoms with Gasteiger partial charge in [-0.25, -0.2) is 13.6 Å². The average molecular weight is 356 g/mol. The third-order valence-electron chi connectivity index (χ3n) is 3.18. The van der Waals surface area contributed by atoms with E-state index in [2.05, 4.69) is 21.2 Å². The second kappa shape index (κ2) is 5.81. The summed E-state index contributed by atoms with van der Waals surface area (Å²) in [5.41, 5.74) is -0.949.